The number of pyridine rings is 1. The molecule has 0 aliphatic carbocycles. The van der Waals surface area contributed by atoms with Crippen molar-refractivity contribution in [3.8, 4) is 5.75 Å². The monoisotopic (exact) mass is 374 g/mol. The predicted octanol–water partition coefficient (Wildman–Crippen LogP) is 1.59. The molecular formula is C18H22N4O3S. The van der Waals surface area contributed by atoms with Crippen molar-refractivity contribution in [3.05, 3.63) is 41.5 Å². The van der Waals surface area contributed by atoms with Gasteiger partial charge < -0.3 is 20.5 Å². The normalized spacial score (nSPS) is 22.0. The van der Waals surface area contributed by atoms with Crippen LogP contribution in [0.1, 0.15) is 23.9 Å². The third-order valence-corrected chi connectivity index (χ3v) is 5.72. The van der Waals surface area contributed by atoms with Crippen LogP contribution >= 0.6 is 11.3 Å². The summed E-state index contributed by atoms with van der Waals surface area (Å²) in [6.07, 6.45) is 4.70. The summed E-state index contributed by atoms with van der Waals surface area (Å²) in [6.45, 7) is 2.22. The fraction of sp³-hybridized carbons (Fsp3) is 0.444. The molecule has 2 aromatic heterocycles. The Morgan fingerprint density at radius 2 is 2.15 bits per heavy atom. The molecule has 2 aromatic rings. The van der Waals surface area contributed by atoms with E-state index in [0.29, 0.717) is 13.1 Å². The van der Waals surface area contributed by atoms with Crippen LogP contribution in [0.2, 0.25) is 0 Å². The number of likely N-dealkylation sites (tertiary alicyclic amines) is 1. The number of carbonyl (C=O) groups is 1. The molecule has 2 aliphatic heterocycles. The number of nitrogens with zero attached hydrogens (tertiary/aromatic N) is 2. The molecule has 26 heavy (non-hydrogen) atoms. The van der Waals surface area contributed by atoms with E-state index in [4.69, 9.17) is 4.74 Å². The van der Waals surface area contributed by atoms with E-state index >= 15 is 0 Å². The summed E-state index contributed by atoms with van der Waals surface area (Å²) < 4.78 is 5.83. The smallest absolute Gasteiger partial charge is 0.242 e. The van der Waals surface area contributed by atoms with Crippen LogP contribution in [-0.2, 0) is 4.79 Å². The van der Waals surface area contributed by atoms with E-state index in [1.807, 2.05) is 29.2 Å². The number of thiophene rings is 1. The number of carbonyl (C=O) groups excluding carboxylic acids is 1. The molecule has 0 aromatic carbocycles. The summed E-state index contributed by atoms with van der Waals surface area (Å²) in [5.41, 5.74) is 0. The van der Waals surface area contributed by atoms with Crippen molar-refractivity contribution in [3.63, 3.8) is 0 Å². The Morgan fingerprint density at radius 1 is 1.35 bits per heavy atom. The number of rotatable bonds is 6. The Balaban J connectivity index is 1.27. The van der Waals surface area contributed by atoms with Crippen LogP contribution in [0.5, 0.6) is 5.75 Å². The van der Waals surface area contributed by atoms with Crippen LogP contribution in [0, 0.1) is 0 Å². The first kappa shape index (κ1) is 17.4. The lowest BCUT2D eigenvalue weighted by Gasteiger charge is -2.41. The number of amides is 1. The molecular weight excluding hydrogens is 352 g/mol. The van der Waals surface area contributed by atoms with Gasteiger partial charge in [0, 0.05) is 25.5 Å². The van der Waals surface area contributed by atoms with Crippen LogP contribution in [0.4, 0.5) is 5.00 Å². The Labute approximate surface area is 156 Å². The molecule has 2 atom stereocenters. The predicted molar refractivity (Wildman–Crippen MR) is 99.2 cm³/mol. The number of anilines is 1. The van der Waals surface area contributed by atoms with Gasteiger partial charge in [0.2, 0.25) is 5.91 Å². The lowest BCUT2D eigenvalue weighted by Crippen LogP contribution is -2.54. The van der Waals surface area contributed by atoms with Crippen molar-refractivity contribution >= 4 is 22.2 Å². The van der Waals surface area contributed by atoms with E-state index in [0.717, 1.165) is 35.0 Å². The summed E-state index contributed by atoms with van der Waals surface area (Å²) in [5.74, 6) is 0.793. The van der Waals surface area contributed by atoms with Gasteiger partial charge in [-0.2, -0.15) is 0 Å². The molecule has 2 aliphatic rings. The molecule has 0 radical (unpaired) electrons. The lowest BCUT2D eigenvalue weighted by molar-refractivity contribution is -0.117. The van der Waals surface area contributed by atoms with Gasteiger partial charge in [0.05, 0.1) is 15.9 Å². The highest BCUT2D eigenvalue weighted by atomic mass is 32.1. The fourth-order valence-electron chi connectivity index (χ4n) is 3.21. The van der Waals surface area contributed by atoms with Crippen molar-refractivity contribution in [2.24, 2.45) is 0 Å². The van der Waals surface area contributed by atoms with E-state index < -0.39 is 6.23 Å². The molecule has 138 valence electrons. The standard InChI is InChI=1S/C18H22N4O3S/c23-17(14-2-1-7-20-14)21-16-4-3-15(26-16)18(24)22-10-13(11-22)25-12-5-8-19-9-6-12/h3-6,8-9,13-14,18,20,24H,1-2,7,10-11H2,(H,21,23). The number of hydrogen-bond acceptors (Lipinski definition) is 7. The maximum Gasteiger partial charge on any atom is 0.242 e. The van der Waals surface area contributed by atoms with Crippen molar-refractivity contribution in [1.29, 1.82) is 0 Å². The SMILES string of the molecule is O=C(Nc1ccc(C(O)N2CC(Oc3ccncc3)C2)s1)C1CCCN1. The van der Waals surface area contributed by atoms with Gasteiger partial charge in [0.25, 0.3) is 0 Å². The molecule has 2 unspecified atom stereocenters. The van der Waals surface area contributed by atoms with E-state index in [9.17, 15) is 9.90 Å². The largest absolute Gasteiger partial charge is 0.488 e. The molecule has 0 bridgehead atoms. The van der Waals surface area contributed by atoms with Crippen LogP contribution in [0.3, 0.4) is 0 Å². The zero-order chi connectivity index (χ0) is 17.9. The summed E-state index contributed by atoms with van der Waals surface area (Å²) in [6, 6.07) is 7.26. The minimum Gasteiger partial charge on any atom is -0.488 e. The minimum atomic E-state index is -0.674. The van der Waals surface area contributed by atoms with Crippen molar-refractivity contribution in [2.45, 2.75) is 31.2 Å². The molecule has 2 fully saturated rings. The molecule has 1 amide bonds. The number of nitrogens with one attached hydrogen (secondary N) is 2. The van der Waals surface area contributed by atoms with E-state index in [-0.39, 0.29) is 18.1 Å². The molecule has 7 nitrogen and oxygen atoms in total. The van der Waals surface area contributed by atoms with Crippen LogP contribution in [0.15, 0.2) is 36.7 Å². The third kappa shape index (κ3) is 3.88. The second-order valence-electron chi connectivity index (χ2n) is 6.59. The fourth-order valence-corrected chi connectivity index (χ4v) is 4.14. The number of hydrogen-bond donors (Lipinski definition) is 3. The molecule has 4 rings (SSSR count). The third-order valence-electron chi connectivity index (χ3n) is 4.68. The highest BCUT2D eigenvalue weighted by Gasteiger charge is 2.34. The number of aliphatic hydroxyl groups excluding tert-OH is 1. The number of aliphatic hydroxyl groups is 1. The van der Waals surface area contributed by atoms with Crippen molar-refractivity contribution in [2.75, 3.05) is 25.0 Å². The summed E-state index contributed by atoms with van der Waals surface area (Å²) in [5, 5.41) is 17.4. The van der Waals surface area contributed by atoms with Gasteiger partial charge >= 0.3 is 0 Å². The van der Waals surface area contributed by atoms with Crippen LogP contribution < -0.4 is 15.4 Å². The van der Waals surface area contributed by atoms with Crippen molar-refractivity contribution in [1.82, 2.24) is 15.2 Å². The first-order chi connectivity index (χ1) is 12.7. The zero-order valence-electron chi connectivity index (χ0n) is 14.3. The van der Waals surface area contributed by atoms with Crippen LogP contribution in [-0.4, -0.2) is 52.7 Å². The van der Waals surface area contributed by atoms with Gasteiger partial charge in [-0.15, -0.1) is 11.3 Å². The van der Waals surface area contributed by atoms with Gasteiger partial charge in [-0.3, -0.25) is 14.7 Å². The average molecular weight is 374 g/mol. The van der Waals surface area contributed by atoms with Gasteiger partial charge in [0.15, 0.2) is 0 Å². The average Bonchev–Trinajstić information content (AvgIpc) is 3.30. The Kier molecular flexibility index (Phi) is 5.16. The van der Waals surface area contributed by atoms with Gasteiger partial charge in [-0.1, -0.05) is 0 Å². The zero-order valence-corrected chi connectivity index (χ0v) is 15.1. The van der Waals surface area contributed by atoms with E-state index in [2.05, 4.69) is 15.6 Å². The molecule has 4 heterocycles. The second kappa shape index (κ2) is 7.71. The first-order valence-corrected chi connectivity index (χ1v) is 9.63. The molecule has 0 saturated carbocycles. The molecule has 2 saturated heterocycles. The molecule has 0 spiro atoms. The Hall–Kier alpha value is -2.00. The van der Waals surface area contributed by atoms with Gasteiger partial charge in [-0.25, -0.2) is 0 Å². The summed E-state index contributed by atoms with van der Waals surface area (Å²) >= 11 is 1.41. The van der Waals surface area contributed by atoms with E-state index in [1.165, 1.54) is 11.3 Å². The quantitative estimate of drug-likeness (QED) is 0.712. The Morgan fingerprint density at radius 3 is 2.88 bits per heavy atom. The van der Waals surface area contributed by atoms with Crippen molar-refractivity contribution < 1.29 is 14.6 Å². The number of aromatic nitrogens is 1. The highest BCUT2D eigenvalue weighted by molar-refractivity contribution is 7.16. The number of ether oxygens (including phenoxy) is 1. The summed E-state index contributed by atoms with van der Waals surface area (Å²) in [4.78, 5) is 18.9. The van der Waals surface area contributed by atoms with Crippen LogP contribution in [0.25, 0.3) is 0 Å². The van der Waals surface area contributed by atoms with Gasteiger partial charge in [0.1, 0.15) is 18.1 Å². The molecule has 8 heteroatoms. The lowest BCUT2D eigenvalue weighted by atomic mass is 10.1. The topological polar surface area (TPSA) is 86.7 Å². The highest BCUT2D eigenvalue weighted by Crippen LogP contribution is 2.32. The van der Waals surface area contributed by atoms with E-state index in [1.54, 1.807) is 12.4 Å². The maximum atomic E-state index is 12.2. The Bertz CT molecular complexity index is 742. The minimum absolute atomic E-state index is 0.000144. The molecule has 3 N–H and O–H groups in total. The summed E-state index contributed by atoms with van der Waals surface area (Å²) in [7, 11) is 0. The first-order valence-electron chi connectivity index (χ1n) is 8.82. The van der Waals surface area contributed by atoms with Gasteiger partial charge in [-0.05, 0) is 43.7 Å². The second-order valence-corrected chi connectivity index (χ2v) is 7.71. The maximum absolute atomic E-state index is 12.2.